The van der Waals surface area contributed by atoms with E-state index in [-0.39, 0.29) is 11.9 Å². The summed E-state index contributed by atoms with van der Waals surface area (Å²) in [6, 6.07) is 3.55. The third-order valence-electron chi connectivity index (χ3n) is 1.48. The third kappa shape index (κ3) is 2.89. The fourth-order valence-electron chi connectivity index (χ4n) is 0.952. The van der Waals surface area contributed by atoms with Crippen molar-refractivity contribution in [1.82, 2.24) is 0 Å². The van der Waals surface area contributed by atoms with Crippen molar-refractivity contribution in [2.45, 2.75) is 6.92 Å². The van der Waals surface area contributed by atoms with Crippen LogP contribution in [-0.2, 0) is 9.09 Å². The molecule has 0 spiro atoms. The number of halogens is 2. The van der Waals surface area contributed by atoms with E-state index in [4.69, 9.17) is 0 Å². The molecule has 0 saturated carbocycles. The second-order valence-corrected chi connectivity index (χ2v) is 5.30. The minimum absolute atomic E-state index is 0.0498. The third-order valence-corrected chi connectivity index (χ3v) is 3.45. The van der Waals surface area contributed by atoms with E-state index in [1.165, 1.54) is 12.1 Å². The molecule has 0 bridgehead atoms. The molecule has 0 heterocycles. The van der Waals surface area contributed by atoms with E-state index in [1.54, 1.807) is 6.92 Å². The molecule has 1 aromatic carbocycles. The van der Waals surface area contributed by atoms with Crippen LogP contribution in [0.4, 0.5) is 4.39 Å². The number of hydrogen-bond acceptors (Lipinski definition) is 2. The lowest BCUT2D eigenvalue weighted by Gasteiger charge is -2.10. The van der Waals surface area contributed by atoms with Crippen molar-refractivity contribution in [3.05, 3.63) is 28.5 Å². The second kappa shape index (κ2) is 4.53. The molecule has 0 fully saturated rings. The zero-order chi connectivity index (χ0) is 10.8. The maximum absolute atomic E-state index is 12.9. The van der Waals surface area contributed by atoms with Crippen molar-refractivity contribution >= 4 is 28.8 Å². The first-order valence-electron chi connectivity index (χ1n) is 3.89. The highest BCUT2D eigenvalue weighted by Crippen LogP contribution is 2.40. The minimum Gasteiger partial charge on any atom is -0.321 e. The normalized spacial score (nSPS) is 15.1. The lowest BCUT2D eigenvalue weighted by atomic mass is 10.3. The quantitative estimate of drug-likeness (QED) is 0.867. The van der Waals surface area contributed by atoms with Gasteiger partial charge in [-0.15, -0.1) is 0 Å². The molecule has 0 amide bonds. The van der Waals surface area contributed by atoms with Crippen molar-refractivity contribution in [3.8, 4) is 0 Å². The van der Waals surface area contributed by atoms with E-state index in [2.05, 4.69) is 20.5 Å². The molecule has 0 radical (unpaired) electrons. The Bertz CT molecular complexity index is 363. The van der Waals surface area contributed by atoms with Crippen LogP contribution in [-0.4, -0.2) is 11.5 Å². The molecule has 3 nitrogen and oxygen atoms in total. The molecule has 1 aromatic rings. The number of benzene rings is 1. The van der Waals surface area contributed by atoms with Crippen LogP contribution in [0.1, 0.15) is 6.92 Å². The summed E-state index contributed by atoms with van der Waals surface area (Å²) in [6.07, 6.45) is 0. The summed E-state index contributed by atoms with van der Waals surface area (Å²) in [4.78, 5) is 9.38. The highest BCUT2D eigenvalue weighted by molar-refractivity contribution is 9.10. The van der Waals surface area contributed by atoms with Gasteiger partial charge in [-0.25, -0.2) is 4.39 Å². The highest BCUT2D eigenvalue weighted by atomic mass is 79.9. The molecule has 1 rings (SSSR count). The van der Waals surface area contributed by atoms with Crippen LogP contribution in [0.3, 0.4) is 0 Å². The summed E-state index contributed by atoms with van der Waals surface area (Å²) >= 11 is 3.03. The largest absolute Gasteiger partial charge is 0.358 e. The molecule has 6 heteroatoms. The van der Waals surface area contributed by atoms with Crippen molar-refractivity contribution in [2.75, 3.05) is 6.61 Å². The zero-order valence-electron chi connectivity index (χ0n) is 7.41. The van der Waals surface area contributed by atoms with Gasteiger partial charge < -0.3 is 9.42 Å². The van der Waals surface area contributed by atoms with Crippen molar-refractivity contribution < 1.29 is 18.4 Å². The van der Waals surface area contributed by atoms with Gasteiger partial charge in [-0.1, -0.05) is 15.9 Å². The Labute approximate surface area is 89.6 Å². The summed E-state index contributed by atoms with van der Waals surface area (Å²) in [5.74, 6) is -0.580. The van der Waals surface area contributed by atoms with Gasteiger partial charge in [0.05, 0.1) is 11.9 Å². The van der Waals surface area contributed by atoms with E-state index in [1.807, 2.05) is 0 Å². The molecule has 0 aliphatic carbocycles. The molecule has 14 heavy (non-hydrogen) atoms. The Kier molecular flexibility index (Phi) is 3.84. The van der Waals surface area contributed by atoms with E-state index >= 15 is 0 Å². The number of hydrogen-bond donors (Lipinski definition) is 1. The summed E-state index contributed by atoms with van der Waals surface area (Å²) < 4.78 is 29.4. The van der Waals surface area contributed by atoms with Gasteiger partial charge in [-0.05, 0) is 25.1 Å². The van der Waals surface area contributed by atoms with Crippen LogP contribution in [0.2, 0.25) is 0 Å². The Balaban J connectivity index is 3.12. The average molecular weight is 283 g/mol. The Morgan fingerprint density at radius 2 is 2.21 bits per heavy atom. The molecule has 1 unspecified atom stereocenters. The van der Waals surface area contributed by atoms with Gasteiger partial charge >= 0.3 is 7.60 Å². The topological polar surface area (TPSA) is 46.5 Å². The van der Waals surface area contributed by atoms with E-state index in [0.29, 0.717) is 4.47 Å². The predicted molar refractivity (Wildman–Crippen MR) is 55.2 cm³/mol. The lowest BCUT2D eigenvalue weighted by Crippen LogP contribution is -2.08. The van der Waals surface area contributed by atoms with Crippen molar-refractivity contribution in [2.24, 2.45) is 0 Å². The molecule has 0 saturated heterocycles. The first-order valence-corrected chi connectivity index (χ1v) is 6.27. The maximum atomic E-state index is 12.9. The predicted octanol–water partition coefficient (Wildman–Crippen LogP) is 2.44. The van der Waals surface area contributed by atoms with Crippen LogP contribution >= 0.6 is 23.5 Å². The lowest BCUT2D eigenvalue weighted by molar-refractivity contribution is 0.284. The van der Waals surface area contributed by atoms with E-state index < -0.39 is 13.4 Å². The van der Waals surface area contributed by atoms with E-state index in [9.17, 15) is 13.8 Å². The molecular weight excluding hydrogens is 274 g/mol. The summed E-state index contributed by atoms with van der Waals surface area (Å²) in [5.41, 5.74) is 0. The van der Waals surface area contributed by atoms with Gasteiger partial charge in [0.1, 0.15) is 5.82 Å². The van der Waals surface area contributed by atoms with Crippen LogP contribution in [0, 0.1) is 5.82 Å². The minimum atomic E-state index is -3.87. The first-order chi connectivity index (χ1) is 6.45. The SMILES string of the molecule is CCOP(=O)(O)c1cc(F)cc(Br)c1. The first kappa shape index (κ1) is 11.9. The van der Waals surface area contributed by atoms with Gasteiger partial charge in [0, 0.05) is 4.47 Å². The Hall–Kier alpha value is -0.220. The van der Waals surface area contributed by atoms with Crippen LogP contribution in [0.5, 0.6) is 0 Å². The second-order valence-electron chi connectivity index (χ2n) is 2.57. The fraction of sp³-hybridized carbons (Fsp3) is 0.250. The Morgan fingerprint density at radius 1 is 1.57 bits per heavy atom. The molecule has 0 aliphatic rings. The van der Waals surface area contributed by atoms with Crippen LogP contribution in [0.15, 0.2) is 22.7 Å². The molecule has 78 valence electrons. The molecule has 0 aliphatic heterocycles. The molecule has 1 N–H and O–H groups in total. The average Bonchev–Trinajstić information content (AvgIpc) is 2.02. The van der Waals surface area contributed by atoms with Gasteiger partial charge in [-0.2, -0.15) is 0 Å². The van der Waals surface area contributed by atoms with Crippen LogP contribution in [0.25, 0.3) is 0 Å². The van der Waals surface area contributed by atoms with Gasteiger partial charge in [0.25, 0.3) is 0 Å². The Morgan fingerprint density at radius 3 is 2.71 bits per heavy atom. The molecule has 1 atom stereocenters. The summed E-state index contributed by atoms with van der Waals surface area (Å²) in [7, 11) is -3.87. The van der Waals surface area contributed by atoms with Gasteiger partial charge in [0.15, 0.2) is 0 Å². The number of rotatable bonds is 3. The fourth-order valence-corrected chi connectivity index (χ4v) is 2.68. The molecular formula is C8H9BrFO3P. The molecule has 0 aromatic heterocycles. The standard InChI is InChI=1S/C8H9BrFO3P/c1-2-13-14(11,12)8-4-6(9)3-7(10)5-8/h3-5H,2H2,1H3,(H,11,12). The van der Waals surface area contributed by atoms with Crippen molar-refractivity contribution in [3.63, 3.8) is 0 Å². The van der Waals surface area contributed by atoms with Crippen LogP contribution < -0.4 is 5.30 Å². The highest BCUT2D eigenvalue weighted by Gasteiger charge is 2.22. The van der Waals surface area contributed by atoms with E-state index in [0.717, 1.165) is 6.07 Å². The van der Waals surface area contributed by atoms with Crippen molar-refractivity contribution in [1.29, 1.82) is 0 Å². The van der Waals surface area contributed by atoms with Gasteiger partial charge in [0.2, 0.25) is 0 Å². The maximum Gasteiger partial charge on any atom is 0.358 e. The summed E-state index contributed by atoms with van der Waals surface area (Å²) in [5, 5.41) is -0.0498. The zero-order valence-corrected chi connectivity index (χ0v) is 9.89. The summed E-state index contributed by atoms with van der Waals surface area (Å²) in [6.45, 7) is 1.69. The van der Waals surface area contributed by atoms with Gasteiger partial charge in [-0.3, -0.25) is 4.57 Å². The monoisotopic (exact) mass is 282 g/mol. The smallest absolute Gasteiger partial charge is 0.321 e.